The number of phosphoric ester groups is 1. The van der Waals surface area contributed by atoms with Gasteiger partial charge < -0.3 is 25.2 Å². The number of allylic oxidation sites excluding steroid dienone is 1. The fraction of sp³-hybridized carbons (Fsp3) is 0.304. The first kappa shape index (κ1) is 29.2. The van der Waals surface area contributed by atoms with Crippen LogP contribution >= 0.6 is 19.6 Å². The second kappa shape index (κ2) is 13.9. The molecule has 0 atom stereocenters. The zero-order valence-corrected chi connectivity index (χ0v) is 21.9. The minimum Gasteiger partial charge on any atom is -0.493 e. The van der Waals surface area contributed by atoms with Crippen LogP contribution in [0.2, 0.25) is 0 Å². The molecule has 0 aliphatic carbocycles. The average Bonchev–Trinajstić information content (AvgIpc) is 2.81. The molecule has 13 heteroatoms. The van der Waals surface area contributed by atoms with Crippen LogP contribution in [-0.2, 0) is 25.2 Å². The summed E-state index contributed by atoms with van der Waals surface area (Å²) in [4.78, 5) is 52.6. The van der Waals surface area contributed by atoms with Crippen molar-refractivity contribution in [1.82, 2.24) is 14.9 Å². The zero-order chi connectivity index (χ0) is 26.7. The van der Waals surface area contributed by atoms with Crippen LogP contribution in [0.25, 0.3) is 6.08 Å². The second-order valence-corrected chi connectivity index (χ2v) is 9.71. The van der Waals surface area contributed by atoms with E-state index in [-0.39, 0.29) is 30.5 Å². The van der Waals surface area contributed by atoms with Gasteiger partial charge in [-0.2, -0.15) is 0 Å². The molecule has 0 saturated carbocycles. The number of ether oxygens (including phenoxy) is 1. The molecule has 0 saturated heterocycles. The number of nitrogen functional groups attached to an aromatic ring is 1. The highest BCUT2D eigenvalue weighted by Gasteiger charge is 2.19. The molecule has 1 aromatic carbocycles. The molecule has 11 nitrogen and oxygen atoms in total. The smallest absolute Gasteiger partial charge is 0.469 e. The van der Waals surface area contributed by atoms with Crippen molar-refractivity contribution in [2.24, 2.45) is 0 Å². The van der Waals surface area contributed by atoms with Crippen LogP contribution in [0, 0.1) is 6.92 Å². The normalized spacial score (nSPS) is 12.4. The first-order chi connectivity index (χ1) is 17.0. The Bertz CT molecular complexity index is 1180. The highest BCUT2D eigenvalue weighted by atomic mass is 32.2. The van der Waals surface area contributed by atoms with Crippen LogP contribution in [0.4, 0.5) is 5.82 Å². The number of carbonyl (C=O) groups is 2. The van der Waals surface area contributed by atoms with E-state index in [1.165, 1.54) is 17.2 Å². The number of anilines is 1. The van der Waals surface area contributed by atoms with Gasteiger partial charge in [-0.25, -0.2) is 14.5 Å². The lowest BCUT2D eigenvalue weighted by Crippen LogP contribution is -2.22. The van der Waals surface area contributed by atoms with Gasteiger partial charge in [0.1, 0.15) is 17.4 Å². The maximum atomic E-state index is 12.8. The van der Waals surface area contributed by atoms with Crippen molar-refractivity contribution in [2.75, 3.05) is 18.9 Å². The third kappa shape index (κ3) is 9.56. The van der Waals surface area contributed by atoms with E-state index in [1.807, 2.05) is 19.1 Å². The lowest BCUT2D eigenvalue weighted by atomic mass is 10.2. The minimum atomic E-state index is -4.71. The summed E-state index contributed by atoms with van der Waals surface area (Å²) in [5.74, 6) is 1.32. The molecule has 2 aromatic rings. The van der Waals surface area contributed by atoms with Gasteiger partial charge in [-0.15, -0.1) is 0 Å². The molecule has 0 bridgehead atoms. The number of carbonyl (C=O) groups excluding carboxylic acids is 2. The molecule has 36 heavy (non-hydrogen) atoms. The fourth-order valence-electron chi connectivity index (χ4n) is 2.99. The molecular weight excluding hydrogens is 507 g/mol. The van der Waals surface area contributed by atoms with Crippen molar-refractivity contribution in [3.8, 4) is 5.75 Å². The molecule has 0 unspecified atom stereocenters. The molecule has 0 radical (unpaired) electrons. The van der Waals surface area contributed by atoms with E-state index in [9.17, 15) is 14.2 Å². The number of nitrogens with two attached hydrogens (primary N) is 1. The van der Waals surface area contributed by atoms with E-state index < -0.39 is 7.82 Å². The molecule has 4 N–H and O–H groups in total. The predicted octanol–water partition coefficient (Wildman–Crippen LogP) is 3.43. The van der Waals surface area contributed by atoms with Crippen LogP contribution < -0.4 is 10.5 Å². The average molecular weight is 537 g/mol. The summed E-state index contributed by atoms with van der Waals surface area (Å²) >= 11 is 0.820. The number of rotatable bonds is 13. The second-order valence-electron chi connectivity index (χ2n) is 7.37. The van der Waals surface area contributed by atoms with E-state index in [0.29, 0.717) is 46.3 Å². The number of aryl methyl sites for hydroxylation is 1. The Morgan fingerprint density at radius 2 is 2.03 bits per heavy atom. The van der Waals surface area contributed by atoms with Crippen LogP contribution in [-0.4, -0.2) is 49.4 Å². The number of amides is 1. The molecular formula is C23H29N4O7PS. The van der Waals surface area contributed by atoms with E-state index >= 15 is 0 Å². The number of aromatic nitrogens is 2. The Morgan fingerprint density at radius 3 is 2.67 bits per heavy atom. The topological polar surface area (TPSA) is 165 Å². The minimum absolute atomic E-state index is 0.0268. The van der Waals surface area contributed by atoms with Gasteiger partial charge in [-0.05, 0) is 50.8 Å². The Morgan fingerprint density at radius 1 is 1.31 bits per heavy atom. The van der Waals surface area contributed by atoms with E-state index in [2.05, 4.69) is 14.5 Å². The molecule has 1 amide bonds. The SMILES string of the molecule is CCOc1ccccc1/C=C/C(=O)S/C(CCOP(=O)(O)O)=C(/C)N(C=O)Cc1cnc(C)nc1N. The molecule has 0 aliphatic rings. The standard InChI is InChI=1S/C23H29N4O7PS/c1-4-33-20-8-6-5-7-18(20)9-10-22(29)36-21(11-12-34-35(30,31)32)16(2)27(15-28)14-19-13-25-17(3)26-23(19)24/h5-10,13,15H,4,11-12,14H2,1-3H3,(H2,24,25,26)(H2,30,31,32)/b10-9+,21-16-. The summed E-state index contributed by atoms with van der Waals surface area (Å²) in [5, 5.41) is -0.365. The summed E-state index contributed by atoms with van der Waals surface area (Å²) in [7, 11) is -4.71. The molecule has 1 heterocycles. The summed E-state index contributed by atoms with van der Waals surface area (Å²) in [6, 6.07) is 7.23. The van der Waals surface area contributed by atoms with E-state index in [4.69, 9.17) is 20.3 Å². The van der Waals surface area contributed by atoms with Gasteiger partial charge in [-0.1, -0.05) is 18.2 Å². The Balaban J connectivity index is 2.29. The molecule has 0 fully saturated rings. The summed E-state index contributed by atoms with van der Waals surface area (Å²) in [5.41, 5.74) is 7.55. The Hall–Kier alpha value is -3.02. The number of phosphoric acid groups is 1. The van der Waals surface area contributed by atoms with Crippen molar-refractivity contribution < 1.29 is 33.2 Å². The van der Waals surface area contributed by atoms with Crippen LogP contribution in [0.15, 0.2) is 47.1 Å². The van der Waals surface area contributed by atoms with E-state index in [0.717, 1.165) is 11.8 Å². The highest BCUT2D eigenvalue weighted by Crippen LogP contribution is 2.37. The highest BCUT2D eigenvalue weighted by molar-refractivity contribution is 8.17. The maximum Gasteiger partial charge on any atom is 0.469 e. The molecule has 194 valence electrons. The van der Waals surface area contributed by atoms with Crippen molar-refractivity contribution in [3.63, 3.8) is 0 Å². The lowest BCUT2D eigenvalue weighted by Gasteiger charge is -2.22. The van der Waals surface area contributed by atoms with Gasteiger partial charge in [0.15, 0.2) is 0 Å². The fourth-order valence-corrected chi connectivity index (χ4v) is 4.15. The van der Waals surface area contributed by atoms with Crippen molar-refractivity contribution >= 4 is 43.0 Å². The van der Waals surface area contributed by atoms with Crippen LogP contribution in [0.5, 0.6) is 5.75 Å². The van der Waals surface area contributed by atoms with Crippen molar-refractivity contribution in [3.05, 3.63) is 64.1 Å². The Labute approximate surface area is 213 Å². The summed E-state index contributed by atoms with van der Waals surface area (Å²) < 4.78 is 21.2. The number of nitrogens with zero attached hydrogens (tertiary/aromatic N) is 3. The van der Waals surface area contributed by atoms with Gasteiger partial charge >= 0.3 is 7.82 Å². The molecule has 0 spiro atoms. The van der Waals surface area contributed by atoms with Gasteiger partial charge in [0.2, 0.25) is 11.5 Å². The Kier molecular flexibility index (Phi) is 11.3. The third-order valence-electron chi connectivity index (χ3n) is 4.75. The summed E-state index contributed by atoms with van der Waals surface area (Å²) in [6.45, 7) is 5.30. The summed E-state index contributed by atoms with van der Waals surface area (Å²) in [6.07, 6.45) is 5.02. The van der Waals surface area contributed by atoms with Gasteiger partial charge in [0.25, 0.3) is 0 Å². The monoisotopic (exact) mass is 536 g/mol. The lowest BCUT2D eigenvalue weighted by molar-refractivity contribution is -0.117. The van der Waals surface area contributed by atoms with Gasteiger partial charge in [-0.3, -0.25) is 14.1 Å². The van der Waals surface area contributed by atoms with Crippen molar-refractivity contribution in [2.45, 2.75) is 33.7 Å². The number of benzene rings is 1. The predicted molar refractivity (Wildman–Crippen MR) is 137 cm³/mol. The van der Waals surface area contributed by atoms with Crippen molar-refractivity contribution in [1.29, 1.82) is 0 Å². The zero-order valence-electron chi connectivity index (χ0n) is 20.2. The first-order valence-corrected chi connectivity index (χ1v) is 13.2. The quantitative estimate of drug-likeness (QED) is 0.195. The number of thioether (sulfide) groups is 1. The third-order valence-corrected chi connectivity index (χ3v) is 6.35. The first-order valence-electron chi connectivity index (χ1n) is 10.9. The van der Waals surface area contributed by atoms with E-state index in [1.54, 1.807) is 32.1 Å². The van der Waals surface area contributed by atoms with Crippen LogP contribution in [0.1, 0.15) is 37.2 Å². The molecule has 1 aromatic heterocycles. The number of hydrogen-bond donors (Lipinski definition) is 3. The maximum absolute atomic E-state index is 12.8. The largest absolute Gasteiger partial charge is 0.493 e. The van der Waals surface area contributed by atoms with Crippen LogP contribution in [0.3, 0.4) is 0 Å². The number of para-hydroxylation sites is 1. The number of hydrogen-bond acceptors (Lipinski definition) is 9. The molecule has 0 aliphatic heterocycles. The van der Waals surface area contributed by atoms with Gasteiger partial charge in [0, 0.05) is 34.3 Å². The van der Waals surface area contributed by atoms with Gasteiger partial charge in [0.05, 0.1) is 19.8 Å². The molecule has 2 rings (SSSR count).